The summed E-state index contributed by atoms with van der Waals surface area (Å²) in [5.74, 6) is -0.930. The summed E-state index contributed by atoms with van der Waals surface area (Å²) >= 11 is 0. The van der Waals surface area contributed by atoms with Gasteiger partial charge in [-0.25, -0.2) is 4.79 Å². The van der Waals surface area contributed by atoms with Gasteiger partial charge in [-0.1, -0.05) is 18.2 Å². The minimum atomic E-state index is -0.930. The molecule has 86 valence electrons. The fourth-order valence-corrected chi connectivity index (χ4v) is 1.72. The van der Waals surface area contributed by atoms with E-state index in [4.69, 9.17) is 5.11 Å². The number of benzene rings is 1. The van der Waals surface area contributed by atoms with Crippen LogP contribution in [0.1, 0.15) is 21.5 Å². The molecule has 0 aliphatic heterocycles. The molecule has 0 atom stereocenters. The molecule has 3 heteroatoms. The smallest absolute Gasteiger partial charge is 0.336 e. The predicted molar refractivity (Wildman–Crippen MR) is 66.1 cm³/mol. The highest BCUT2D eigenvalue weighted by Crippen LogP contribution is 2.24. The molecule has 1 aromatic carbocycles. The molecule has 1 heterocycles. The number of carboxylic acids is 1. The van der Waals surface area contributed by atoms with E-state index in [9.17, 15) is 4.79 Å². The molecule has 0 spiro atoms. The molecule has 0 amide bonds. The maximum atomic E-state index is 11.1. The van der Waals surface area contributed by atoms with Crippen molar-refractivity contribution in [1.82, 2.24) is 4.98 Å². The van der Waals surface area contributed by atoms with Crippen LogP contribution in [0.4, 0.5) is 0 Å². The van der Waals surface area contributed by atoms with Gasteiger partial charge in [0.2, 0.25) is 0 Å². The van der Waals surface area contributed by atoms with Crippen LogP contribution in [0.5, 0.6) is 0 Å². The second kappa shape index (κ2) is 4.37. The average Bonchev–Trinajstić information content (AvgIpc) is 2.32. The lowest BCUT2D eigenvalue weighted by Crippen LogP contribution is -2.00. The van der Waals surface area contributed by atoms with Crippen LogP contribution in [0.15, 0.2) is 36.7 Å². The van der Waals surface area contributed by atoms with Gasteiger partial charge in [0.1, 0.15) is 0 Å². The molecular formula is C14H13NO2. The molecule has 0 aliphatic rings. The lowest BCUT2D eigenvalue weighted by molar-refractivity contribution is 0.0697. The van der Waals surface area contributed by atoms with Gasteiger partial charge >= 0.3 is 5.97 Å². The average molecular weight is 227 g/mol. The molecule has 3 nitrogen and oxygen atoms in total. The molecule has 0 saturated heterocycles. The number of aromatic carboxylic acids is 1. The van der Waals surface area contributed by atoms with Crippen LogP contribution in [0.3, 0.4) is 0 Å². The fourth-order valence-electron chi connectivity index (χ4n) is 1.72. The first-order valence-corrected chi connectivity index (χ1v) is 5.34. The standard InChI is InChI=1S/C14H13NO2/c1-9-3-4-11(7-10(9)2)13-8-15-6-5-12(13)14(16)17/h3-8H,1-2H3,(H,16,17). The monoisotopic (exact) mass is 227 g/mol. The van der Waals surface area contributed by atoms with Crippen molar-refractivity contribution < 1.29 is 9.90 Å². The van der Waals surface area contributed by atoms with E-state index in [1.54, 1.807) is 6.20 Å². The van der Waals surface area contributed by atoms with Crippen LogP contribution < -0.4 is 0 Å². The summed E-state index contributed by atoms with van der Waals surface area (Å²) in [7, 11) is 0. The highest BCUT2D eigenvalue weighted by molar-refractivity contribution is 5.95. The van der Waals surface area contributed by atoms with Crippen molar-refractivity contribution in [3.05, 3.63) is 53.3 Å². The highest BCUT2D eigenvalue weighted by atomic mass is 16.4. The summed E-state index contributed by atoms with van der Waals surface area (Å²) in [6, 6.07) is 7.42. The van der Waals surface area contributed by atoms with Crippen molar-refractivity contribution in [2.75, 3.05) is 0 Å². The first kappa shape index (κ1) is 11.3. The topological polar surface area (TPSA) is 50.2 Å². The first-order valence-electron chi connectivity index (χ1n) is 5.34. The van der Waals surface area contributed by atoms with E-state index < -0.39 is 5.97 Å². The van der Waals surface area contributed by atoms with Crippen molar-refractivity contribution in [3.63, 3.8) is 0 Å². The molecule has 0 aliphatic carbocycles. The number of hydrogen-bond acceptors (Lipinski definition) is 2. The lowest BCUT2D eigenvalue weighted by Gasteiger charge is -2.07. The van der Waals surface area contributed by atoms with Gasteiger partial charge in [-0.2, -0.15) is 0 Å². The number of carbonyl (C=O) groups is 1. The number of aromatic nitrogens is 1. The Morgan fingerprint density at radius 2 is 1.94 bits per heavy atom. The summed E-state index contributed by atoms with van der Waals surface area (Å²) in [4.78, 5) is 15.1. The Morgan fingerprint density at radius 1 is 1.18 bits per heavy atom. The van der Waals surface area contributed by atoms with Gasteiger partial charge in [0, 0.05) is 18.0 Å². The Morgan fingerprint density at radius 3 is 2.59 bits per heavy atom. The van der Waals surface area contributed by atoms with Crippen LogP contribution in [0.2, 0.25) is 0 Å². The summed E-state index contributed by atoms with van der Waals surface area (Å²) in [6.07, 6.45) is 3.08. The molecule has 1 N–H and O–H groups in total. The van der Waals surface area contributed by atoms with Crippen LogP contribution in [0.25, 0.3) is 11.1 Å². The Hall–Kier alpha value is -2.16. The maximum absolute atomic E-state index is 11.1. The van der Waals surface area contributed by atoms with Gasteiger partial charge < -0.3 is 5.11 Å². The number of aryl methyl sites for hydroxylation is 2. The third-order valence-corrected chi connectivity index (χ3v) is 2.87. The predicted octanol–water partition coefficient (Wildman–Crippen LogP) is 3.06. The number of carboxylic acid groups (broad SMARTS) is 1. The van der Waals surface area contributed by atoms with Gasteiger partial charge in [-0.3, -0.25) is 4.98 Å². The van der Waals surface area contributed by atoms with Crippen LogP contribution >= 0.6 is 0 Å². The van der Waals surface area contributed by atoms with Crippen molar-refractivity contribution >= 4 is 5.97 Å². The van der Waals surface area contributed by atoms with Crippen molar-refractivity contribution in [2.45, 2.75) is 13.8 Å². The molecule has 17 heavy (non-hydrogen) atoms. The van der Waals surface area contributed by atoms with E-state index in [0.717, 1.165) is 11.1 Å². The van der Waals surface area contributed by atoms with Crippen molar-refractivity contribution in [2.24, 2.45) is 0 Å². The number of pyridine rings is 1. The van der Waals surface area contributed by atoms with Gasteiger partial charge in [-0.15, -0.1) is 0 Å². The van der Waals surface area contributed by atoms with E-state index in [0.29, 0.717) is 5.56 Å². The molecule has 0 bridgehead atoms. The molecule has 2 rings (SSSR count). The summed E-state index contributed by atoms with van der Waals surface area (Å²) in [6.45, 7) is 4.04. The number of hydrogen-bond donors (Lipinski definition) is 1. The molecule has 0 fully saturated rings. The Balaban J connectivity index is 2.60. The third-order valence-electron chi connectivity index (χ3n) is 2.87. The fraction of sp³-hybridized carbons (Fsp3) is 0.143. The van der Waals surface area contributed by atoms with E-state index in [1.165, 1.54) is 17.8 Å². The molecule has 0 radical (unpaired) electrons. The minimum absolute atomic E-state index is 0.281. The zero-order valence-corrected chi connectivity index (χ0v) is 9.77. The van der Waals surface area contributed by atoms with Gasteiger partial charge in [0.25, 0.3) is 0 Å². The summed E-state index contributed by atoms with van der Waals surface area (Å²) in [5, 5.41) is 9.12. The largest absolute Gasteiger partial charge is 0.478 e. The van der Waals surface area contributed by atoms with Gasteiger partial charge in [-0.05, 0) is 36.6 Å². The normalized spacial score (nSPS) is 10.2. The lowest BCUT2D eigenvalue weighted by atomic mass is 9.98. The van der Waals surface area contributed by atoms with E-state index in [-0.39, 0.29) is 5.56 Å². The van der Waals surface area contributed by atoms with Crippen LogP contribution in [-0.2, 0) is 0 Å². The second-order valence-corrected chi connectivity index (χ2v) is 4.03. The van der Waals surface area contributed by atoms with Gasteiger partial charge in [0.15, 0.2) is 0 Å². The zero-order valence-electron chi connectivity index (χ0n) is 9.77. The van der Waals surface area contributed by atoms with Gasteiger partial charge in [0.05, 0.1) is 5.56 Å². The quantitative estimate of drug-likeness (QED) is 0.857. The summed E-state index contributed by atoms with van der Waals surface area (Å²) < 4.78 is 0. The second-order valence-electron chi connectivity index (χ2n) is 4.03. The molecule has 0 unspecified atom stereocenters. The van der Waals surface area contributed by atoms with Crippen LogP contribution in [-0.4, -0.2) is 16.1 Å². The molecule has 0 saturated carbocycles. The Labute approximate surface area is 99.8 Å². The minimum Gasteiger partial charge on any atom is -0.478 e. The van der Waals surface area contributed by atoms with Crippen LogP contribution in [0, 0.1) is 13.8 Å². The Bertz CT molecular complexity index is 576. The molecule has 2 aromatic rings. The van der Waals surface area contributed by atoms with E-state index in [1.807, 2.05) is 32.0 Å². The number of nitrogens with zero attached hydrogens (tertiary/aromatic N) is 1. The molecular weight excluding hydrogens is 214 g/mol. The van der Waals surface area contributed by atoms with E-state index in [2.05, 4.69) is 4.98 Å². The first-order chi connectivity index (χ1) is 8.09. The van der Waals surface area contributed by atoms with Crippen molar-refractivity contribution in [3.8, 4) is 11.1 Å². The summed E-state index contributed by atoms with van der Waals surface area (Å²) in [5.41, 5.74) is 4.15. The zero-order chi connectivity index (χ0) is 12.4. The van der Waals surface area contributed by atoms with Crippen molar-refractivity contribution in [1.29, 1.82) is 0 Å². The molecule has 1 aromatic heterocycles. The highest BCUT2D eigenvalue weighted by Gasteiger charge is 2.11. The third kappa shape index (κ3) is 2.18. The maximum Gasteiger partial charge on any atom is 0.336 e. The van der Waals surface area contributed by atoms with E-state index >= 15 is 0 Å². The number of rotatable bonds is 2. The Kier molecular flexibility index (Phi) is 2.91. The SMILES string of the molecule is Cc1ccc(-c2cnccc2C(=O)O)cc1C.